The summed E-state index contributed by atoms with van der Waals surface area (Å²) in [6.07, 6.45) is 0.965. The Morgan fingerprint density at radius 1 is 1.00 bits per heavy atom. The van der Waals surface area contributed by atoms with Gasteiger partial charge in [-0.2, -0.15) is 0 Å². The van der Waals surface area contributed by atoms with Crippen LogP contribution >= 0.6 is 0 Å². The second kappa shape index (κ2) is 7.29. The van der Waals surface area contributed by atoms with Crippen molar-refractivity contribution in [2.45, 2.75) is 25.9 Å². The maximum atomic E-state index is 13.1. The first-order valence-corrected chi connectivity index (χ1v) is 7.01. The minimum atomic E-state index is -0.859. The molecule has 1 unspecified atom stereocenters. The minimum Gasteiger partial charge on any atom is -0.394 e. The summed E-state index contributed by atoms with van der Waals surface area (Å²) in [7, 11) is 0. The van der Waals surface area contributed by atoms with Gasteiger partial charge >= 0.3 is 0 Å². The van der Waals surface area contributed by atoms with Gasteiger partial charge < -0.3 is 10.4 Å². The van der Waals surface area contributed by atoms with E-state index < -0.39 is 11.6 Å². The van der Waals surface area contributed by atoms with Crippen molar-refractivity contribution in [2.24, 2.45) is 0 Å². The topological polar surface area (TPSA) is 32.3 Å². The first-order valence-electron chi connectivity index (χ1n) is 7.01. The van der Waals surface area contributed by atoms with Crippen LogP contribution in [0.2, 0.25) is 0 Å². The van der Waals surface area contributed by atoms with Gasteiger partial charge in [0.1, 0.15) is 0 Å². The van der Waals surface area contributed by atoms with Crippen molar-refractivity contribution in [3.63, 3.8) is 0 Å². The van der Waals surface area contributed by atoms with Gasteiger partial charge in [-0.05, 0) is 35.2 Å². The number of aliphatic hydroxyl groups is 1. The van der Waals surface area contributed by atoms with Crippen LogP contribution in [-0.4, -0.2) is 11.7 Å². The molecule has 0 saturated heterocycles. The maximum absolute atomic E-state index is 13.1. The molecule has 0 heterocycles. The highest BCUT2D eigenvalue weighted by Crippen LogP contribution is 2.15. The summed E-state index contributed by atoms with van der Waals surface area (Å²) in [5, 5.41) is 12.6. The van der Waals surface area contributed by atoms with Gasteiger partial charge in [-0.25, -0.2) is 8.78 Å². The lowest BCUT2D eigenvalue weighted by molar-refractivity contribution is 0.243. The predicted octanol–water partition coefficient (Wildman–Crippen LogP) is 3.35. The number of hydrogen-bond acceptors (Lipinski definition) is 2. The third-order valence-electron chi connectivity index (χ3n) is 3.51. The van der Waals surface area contributed by atoms with E-state index in [0.29, 0.717) is 12.1 Å². The number of halogens is 2. The first kappa shape index (κ1) is 15.6. The van der Waals surface area contributed by atoms with Crippen molar-refractivity contribution in [1.82, 2.24) is 5.32 Å². The Hall–Kier alpha value is -1.78. The van der Waals surface area contributed by atoms with Crippen LogP contribution in [0.5, 0.6) is 0 Å². The highest BCUT2D eigenvalue weighted by molar-refractivity contribution is 5.25. The van der Waals surface area contributed by atoms with Crippen LogP contribution in [0.15, 0.2) is 42.5 Å². The molecular weight excluding hydrogens is 272 g/mol. The van der Waals surface area contributed by atoms with E-state index in [1.165, 1.54) is 11.6 Å². The summed E-state index contributed by atoms with van der Waals surface area (Å²) in [6.45, 7) is 2.38. The van der Waals surface area contributed by atoms with Gasteiger partial charge in [0, 0.05) is 6.54 Å². The van der Waals surface area contributed by atoms with E-state index in [2.05, 4.69) is 12.2 Å². The van der Waals surface area contributed by atoms with E-state index in [9.17, 15) is 13.9 Å². The molecule has 0 bridgehead atoms. The van der Waals surface area contributed by atoms with Gasteiger partial charge in [0.05, 0.1) is 12.6 Å². The average Bonchev–Trinajstić information content (AvgIpc) is 2.52. The van der Waals surface area contributed by atoms with E-state index in [0.717, 1.165) is 24.1 Å². The molecule has 0 aliphatic heterocycles. The van der Waals surface area contributed by atoms with Crippen LogP contribution in [0.4, 0.5) is 8.78 Å². The molecular formula is C17H19F2NO. The highest BCUT2D eigenvalue weighted by atomic mass is 19.2. The molecule has 0 spiro atoms. The monoisotopic (exact) mass is 291 g/mol. The smallest absolute Gasteiger partial charge is 0.159 e. The van der Waals surface area contributed by atoms with Crippen LogP contribution in [0, 0.1) is 11.6 Å². The zero-order chi connectivity index (χ0) is 15.2. The van der Waals surface area contributed by atoms with Crippen LogP contribution in [0.1, 0.15) is 29.7 Å². The Morgan fingerprint density at radius 3 is 2.24 bits per heavy atom. The fourth-order valence-electron chi connectivity index (χ4n) is 2.16. The second-order valence-corrected chi connectivity index (χ2v) is 4.96. The Bertz CT molecular complexity index is 584. The summed E-state index contributed by atoms with van der Waals surface area (Å²) >= 11 is 0. The molecule has 2 aromatic carbocycles. The molecule has 0 aromatic heterocycles. The molecule has 2 N–H and O–H groups in total. The van der Waals surface area contributed by atoms with E-state index in [4.69, 9.17) is 0 Å². The molecule has 0 amide bonds. The molecule has 2 nitrogen and oxygen atoms in total. The van der Waals surface area contributed by atoms with Crippen LogP contribution in [-0.2, 0) is 13.0 Å². The lowest BCUT2D eigenvalue weighted by Crippen LogP contribution is -2.24. The Morgan fingerprint density at radius 2 is 1.67 bits per heavy atom. The van der Waals surface area contributed by atoms with E-state index in [1.807, 2.05) is 24.3 Å². The van der Waals surface area contributed by atoms with Crippen molar-refractivity contribution in [3.05, 3.63) is 70.8 Å². The van der Waals surface area contributed by atoms with Crippen molar-refractivity contribution in [3.8, 4) is 0 Å². The number of aliphatic hydroxyl groups excluding tert-OH is 1. The molecule has 0 radical (unpaired) electrons. The van der Waals surface area contributed by atoms with Crippen molar-refractivity contribution >= 4 is 0 Å². The third kappa shape index (κ3) is 4.09. The molecule has 2 aromatic rings. The first-order chi connectivity index (χ1) is 10.1. The lowest BCUT2D eigenvalue weighted by Gasteiger charge is -2.17. The van der Waals surface area contributed by atoms with Crippen molar-refractivity contribution in [1.29, 1.82) is 0 Å². The summed E-state index contributed by atoms with van der Waals surface area (Å²) in [6, 6.07) is 11.6. The Kier molecular flexibility index (Phi) is 5.42. The van der Waals surface area contributed by atoms with Gasteiger partial charge in [0.15, 0.2) is 11.6 Å². The molecule has 4 heteroatoms. The fourth-order valence-corrected chi connectivity index (χ4v) is 2.16. The standard InChI is InChI=1S/C17H19F2NO/c1-2-12-3-6-14(7-4-12)17(11-21)20-10-13-5-8-15(18)16(19)9-13/h3-9,17,20-21H,2,10-11H2,1H3. The Labute approximate surface area is 123 Å². The normalized spacial score (nSPS) is 12.4. The minimum absolute atomic E-state index is 0.0604. The molecule has 2 rings (SSSR count). The van der Waals surface area contributed by atoms with Crippen LogP contribution in [0.3, 0.4) is 0 Å². The van der Waals surface area contributed by atoms with Gasteiger partial charge in [-0.3, -0.25) is 0 Å². The number of benzene rings is 2. The largest absolute Gasteiger partial charge is 0.394 e. The average molecular weight is 291 g/mol. The number of hydrogen-bond donors (Lipinski definition) is 2. The molecule has 21 heavy (non-hydrogen) atoms. The maximum Gasteiger partial charge on any atom is 0.159 e. The number of nitrogens with one attached hydrogen (secondary N) is 1. The zero-order valence-electron chi connectivity index (χ0n) is 11.9. The number of rotatable bonds is 6. The summed E-state index contributed by atoms with van der Waals surface area (Å²) in [5.41, 5.74) is 2.84. The van der Waals surface area contributed by atoms with Crippen LogP contribution in [0.25, 0.3) is 0 Å². The van der Waals surface area contributed by atoms with E-state index in [1.54, 1.807) is 0 Å². The summed E-state index contributed by atoms with van der Waals surface area (Å²) < 4.78 is 26.0. The quantitative estimate of drug-likeness (QED) is 0.855. The van der Waals surface area contributed by atoms with E-state index in [-0.39, 0.29) is 12.6 Å². The van der Waals surface area contributed by atoms with Gasteiger partial charge in [-0.1, -0.05) is 37.3 Å². The van der Waals surface area contributed by atoms with Crippen molar-refractivity contribution in [2.75, 3.05) is 6.61 Å². The highest BCUT2D eigenvalue weighted by Gasteiger charge is 2.10. The fraction of sp³-hybridized carbons (Fsp3) is 0.294. The van der Waals surface area contributed by atoms with Gasteiger partial charge in [0.25, 0.3) is 0 Å². The van der Waals surface area contributed by atoms with Gasteiger partial charge in [0.2, 0.25) is 0 Å². The molecule has 0 fully saturated rings. The molecule has 1 atom stereocenters. The third-order valence-corrected chi connectivity index (χ3v) is 3.51. The molecule has 0 saturated carbocycles. The van der Waals surface area contributed by atoms with Crippen LogP contribution < -0.4 is 5.32 Å². The van der Waals surface area contributed by atoms with Crippen molar-refractivity contribution < 1.29 is 13.9 Å². The van der Waals surface area contributed by atoms with Gasteiger partial charge in [-0.15, -0.1) is 0 Å². The molecule has 112 valence electrons. The predicted molar refractivity (Wildman–Crippen MR) is 78.8 cm³/mol. The molecule has 0 aliphatic carbocycles. The lowest BCUT2D eigenvalue weighted by atomic mass is 10.0. The zero-order valence-corrected chi connectivity index (χ0v) is 11.9. The second-order valence-electron chi connectivity index (χ2n) is 4.96. The molecule has 0 aliphatic rings. The SMILES string of the molecule is CCc1ccc(C(CO)NCc2ccc(F)c(F)c2)cc1. The van der Waals surface area contributed by atoms with E-state index >= 15 is 0 Å². The summed E-state index contributed by atoms with van der Waals surface area (Å²) in [5.74, 6) is -1.71. The number of aryl methyl sites for hydroxylation is 1. The summed E-state index contributed by atoms with van der Waals surface area (Å²) in [4.78, 5) is 0. The Balaban J connectivity index is 2.02.